The van der Waals surface area contributed by atoms with Gasteiger partial charge >= 0.3 is 0 Å². The van der Waals surface area contributed by atoms with Crippen LogP contribution in [-0.2, 0) is 10.0 Å². The first-order valence-corrected chi connectivity index (χ1v) is 8.42. The molecule has 2 rings (SSSR count). The maximum atomic E-state index is 12.0. The molecule has 108 valence electrons. The topological polar surface area (TPSA) is 84.0 Å². The largest absolute Gasteiger partial charge is 0.353 e. The second-order valence-corrected chi connectivity index (χ2v) is 6.88. The highest BCUT2D eigenvalue weighted by Crippen LogP contribution is 2.16. The third kappa shape index (κ3) is 4.39. The maximum Gasteiger partial charge on any atom is 0.236 e. The van der Waals surface area contributed by atoms with Crippen molar-refractivity contribution < 1.29 is 8.42 Å². The van der Waals surface area contributed by atoms with E-state index in [0.717, 1.165) is 10.9 Å². The van der Waals surface area contributed by atoms with Crippen LogP contribution in [0, 0.1) is 0 Å². The lowest BCUT2D eigenvalue weighted by atomic mass is 10.2. The van der Waals surface area contributed by atoms with Gasteiger partial charge in [0.2, 0.25) is 16.0 Å². The monoisotopic (exact) mass is 358 g/mol. The fourth-order valence-electron chi connectivity index (χ4n) is 1.66. The van der Waals surface area contributed by atoms with Gasteiger partial charge in [-0.3, -0.25) is 0 Å². The van der Waals surface area contributed by atoms with Gasteiger partial charge in [0.05, 0.1) is 9.38 Å². The SMILES string of the molecule is O=S(=O)(NCCNc1ncc(Br)cn1)C1=CC=CCC1. The summed E-state index contributed by atoms with van der Waals surface area (Å²) in [5.41, 5.74) is 0. The number of halogens is 1. The molecule has 1 aromatic heterocycles. The lowest BCUT2D eigenvalue weighted by Crippen LogP contribution is -2.30. The molecule has 0 radical (unpaired) electrons. The van der Waals surface area contributed by atoms with E-state index < -0.39 is 10.0 Å². The summed E-state index contributed by atoms with van der Waals surface area (Å²) in [7, 11) is -3.37. The quantitative estimate of drug-likeness (QED) is 0.757. The minimum absolute atomic E-state index is 0.281. The number of anilines is 1. The highest BCUT2D eigenvalue weighted by atomic mass is 79.9. The molecule has 0 spiro atoms. The average Bonchev–Trinajstić information content (AvgIpc) is 2.46. The Hall–Kier alpha value is -1.25. The summed E-state index contributed by atoms with van der Waals surface area (Å²) >= 11 is 3.24. The van der Waals surface area contributed by atoms with Gasteiger partial charge < -0.3 is 5.32 Å². The number of aromatic nitrogens is 2. The molecular weight excluding hydrogens is 344 g/mol. The number of rotatable bonds is 6. The standard InChI is InChI=1S/C12H15BrN4O2S/c13-10-8-15-12(16-9-10)14-6-7-17-20(18,19)11-4-2-1-3-5-11/h1-2,4,8-9,17H,3,5-7H2,(H,14,15,16). The van der Waals surface area contributed by atoms with Gasteiger partial charge in [0.1, 0.15) is 0 Å². The molecule has 0 aliphatic heterocycles. The van der Waals surface area contributed by atoms with E-state index in [2.05, 4.69) is 35.9 Å². The summed E-state index contributed by atoms with van der Waals surface area (Å²) in [5, 5.41) is 2.94. The van der Waals surface area contributed by atoms with E-state index in [9.17, 15) is 8.42 Å². The Balaban J connectivity index is 1.79. The minimum Gasteiger partial charge on any atom is -0.353 e. The lowest BCUT2D eigenvalue weighted by molar-refractivity contribution is 0.587. The van der Waals surface area contributed by atoms with Gasteiger partial charge in [0.25, 0.3) is 0 Å². The molecule has 1 heterocycles. The van der Waals surface area contributed by atoms with Crippen LogP contribution >= 0.6 is 15.9 Å². The predicted octanol–water partition coefficient (Wildman–Crippen LogP) is 1.80. The summed E-state index contributed by atoms with van der Waals surface area (Å²) < 4.78 is 27.3. The van der Waals surface area contributed by atoms with Gasteiger partial charge in [-0.1, -0.05) is 12.2 Å². The molecule has 20 heavy (non-hydrogen) atoms. The van der Waals surface area contributed by atoms with E-state index >= 15 is 0 Å². The van der Waals surface area contributed by atoms with Gasteiger partial charge in [-0.2, -0.15) is 0 Å². The molecule has 8 heteroatoms. The van der Waals surface area contributed by atoms with Gasteiger partial charge in [-0.15, -0.1) is 0 Å². The van der Waals surface area contributed by atoms with Crippen LogP contribution in [0.4, 0.5) is 5.95 Å². The Morgan fingerprint density at radius 2 is 2.00 bits per heavy atom. The third-order valence-corrected chi connectivity index (χ3v) is 4.67. The smallest absolute Gasteiger partial charge is 0.236 e. The molecule has 2 N–H and O–H groups in total. The Morgan fingerprint density at radius 3 is 2.65 bits per heavy atom. The van der Waals surface area contributed by atoms with Crippen molar-refractivity contribution >= 4 is 31.9 Å². The Kier molecular flexibility index (Phi) is 5.27. The van der Waals surface area contributed by atoms with Gasteiger partial charge in [0, 0.05) is 25.5 Å². The maximum absolute atomic E-state index is 12.0. The van der Waals surface area contributed by atoms with Crippen molar-refractivity contribution in [3.8, 4) is 0 Å². The van der Waals surface area contributed by atoms with E-state index in [1.165, 1.54) is 0 Å². The second-order valence-electron chi connectivity index (χ2n) is 4.15. The van der Waals surface area contributed by atoms with E-state index in [4.69, 9.17) is 0 Å². The average molecular weight is 359 g/mol. The van der Waals surface area contributed by atoms with Crippen LogP contribution in [0.25, 0.3) is 0 Å². The zero-order valence-corrected chi connectivity index (χ0v) is 13.1. The van der Waals surface area contributed by atoms with Crippen LogP contribution in [0.3, 0.4) is 0 Å². The molecular formula is C12H15BrN4O2S. The summed E-state index contributed by atoms with van der Waals surface area (Å²) in [6.45, 7) is 0.701. The van der Waals surface area contributed by atoms with Crippen LogP contribution in [0.1, 0.15) is 12.8 Å². The Morgan fingerprint density at radius 1 is 1.25 bits per heavy atom. The van der Waals surface area contributed by atoms with Crippen molar-refractivity contribution in [2.24, 2.45) is 0 Å². The first-order chi connectivity index (χ1) is 9.58. The van der Waals surface area contributed by atoms with Gasteiger partial charge in [0.15, 0.2) is 0 Å². The molecule has 6 nitrogen and oxygen atoms in total. The van der Waals surface area contributed by atoms with Gasteiger partial charge in [-0.25, -0.2) is 23.1 Å². The van der Waals surface area contributed by atoms with E-state index in [1.54, 1.807) is 24.5 Å². The predicted molar refractivity (Wildman–Crippen MR) is 81.6 cm³/mol. The fraction of sp³-hybridized carbons (Fsp3) is 0.333. The summed E-state index contributed by atoms with van der Waals surface area (Å²) in [6.07, 6.45) is 9.92. The van der Waals surface area contributed by atoms with Crippen molar-refractivity contribution in [2.75, 3.05) is 18.4 Å². The summed E-state index contributed by atoms with van der Waals surface area (Å²) in [5.74, 6) is 0.465. The highest BCUT2D eigenvalue weighted by Gasteiger charge is 2.16. The van der Waals surface area contributed by atoms with Gasteiger partial charge in [-0.05, 0) is 34.8 Å². The first-order valence-electron chi connectivity index (χ1n) is 6.15. The summed E-state index contributed by atoms with van der Waals surface area (Å²) in [4.78, 5) is 8.50. The molecule has 0 amide bonds. The second kappa shape index (κ2) is 6.96. The van der Waals surface area contributed by atoms with Crippen LogP contribution in [0.15, 0.2) is 40.0 Å². The molecule has 0 fully saturated rings. The van der Waals surface area contributed by atoms with Crippen molar-refractivity contribution in [2.45, 2.75) is 12.8 Å². The Bertz CT molecular complexity index is 611. The molecule has 0 saturated heterocycles. The van der Waals surface area contributed by atoms with Crippen molar-refractivity contribution in [1.29, 1.82) is 0 Å². The number of nitrogens with zero attached hydrogens (tertiary/aromatic N) is 2. The number of hydrogen-bond donors (Lipinski definition) is 2. The van der Waals surface area contributed by atoms with Crippen LogP contribution in [0.2, 0.25) is 0 Å². The minimum atomic E-state index is -3.37. The molecule has 1 aliphatic carbocycles. The highest BCUT2D eigenvalue weighted by molar-refractivity contribution is 9.10. The van der Waals surface area contributed by atoms with Crippen LogP contribution in [0.5, 0.6) is 0 Å². The lowest BCUT2D eigenvalue weighted by Gasteiger charge is -2.11. The zero-order valence-electron chi connectivity index (χ0n) is 10.7. The van der Waals surface area contributed by atoms with Crippen LogP contribution < -0.4 is 10.0 Å². The molecule has 0 bridgehead atoms. The molecule has 0 unspecified atom stereocenters. The number of hydrogen-bond acceptors (Lipinski definition) is 5. The fourth-order valence-corrected chi connectivity index (χ4v) is 3.07. The number of sulfonamides is 1. The number of allylic oxidation sites excluding steroid dienone is 4. The molecule has 0 atom stereocenters. The normalized spacial score (nSPS) is 14.9. The van der Waals surface area contributed by atoms with E-state index in [-0.39, 0.29) is 6.54 Å². The third-order valence-electron chi connectivity index (χ3n) is 2.64. The zero-order chi connectivity index (χ0) is 14.4. The number of nitrogens with one attached hydrogen (secondary N) is 2. The molecule has 1 aliphatic rings. The van der Waals surface area contributed by atoms with E-state index in [0.29, 0.717) is 23.8 Å². The Labute approximate surface area is 126 Å². The van der Waals surface area contributed by atoms with Crippen molar-refractivity contribution in [3.63, 3.8) is 0 Å². The first kappa shape index (κ1) is 15.1. The molecule has 1 aromatic rings. The van der Waals surface area contributed by atoms with Crippen molar-refractivity contribution in [1.82, 2.24) is 14.7 Å². The molecule has 0 saturated carbocycles. The van der Waals surface area contributed by atoms with Crippen molar-refractivity contribution in [3.05, 3.63) is 40.0 Å². The summed E-state index contributed by atoms with van der Waals surface area (Å²) in [6, 6.07) is 0. The van der Waals surface area contributed by atoms with Crippen LogP contribution in [-0.4, -0.2) is 31.5 Å². The van der Waals surface area contributed by atoms with E-state index in [1.807, 2.05) is 6.08 Å². The molecule has 0 aromatic carbocycles.